The van der Waals surface area contributed by atoms with E-state index in [2.05, 4.69) is 20.4 Å². The van der Waals surface area contributed by atoms with Crippen LogP contribution in [0.1, 0.15) is 37.6 Å². The van der Waals surface area contributed by atoms with Crippen LogP contribution in [0, 0.1) is 6.92 Å². The second-order valence-corrected chi connectivity index (χ2v) is 8.37. The quantitative estimate of drug-likeness (QED) is 0.356. The fourth-order valence-corrected chi connectivity index (χ4v) is 3.51. The molecule has 0 N–H and O–H groups in total. The van der Waals surface area contributed by atoms with Crippen molar-refractivity contribution in [2.24, 2.45) is 0 Å². The summed E-state index contributed by atoms with van der Waals surface area (Å²) in [5.74, 6) is 1.45. The van der Waals surface area contributed by atoms with Crippen LogP contribution in [0.3, 0.4) is 0 Å². The number of rotatable bonds is 8. The molecule has 0 unspecified atom stereocenters. The lowest BCUT2D eigenvalue weighted by atomic mass is 10.1. The van der Waals surface area contributed by atoms with E-state index in [-0.39, 0.29) is 24.9 Å². The molecule has 0 atom stereocenters. The molecule has 4 aromatic rings. The molecular weight excluding hydrogens is 442 g/mol. The zero-order valence-corrected chi connectivity index (χ0v) is 19.4. The maximum absolute atomic E-state index is 12.9. The number of aromatic nitrogens is 4. The van der Waals surface area contributed by atoms with Crippen molar-refractivity contribution in [3.63, 3.8) is 0 Å². The van der Waals surface area contributed by atoms with Crippen molar-refractivity contribution in [1.82, 2.24) is 25.3 Å². The first kappa shape index (κ1) is 22.7. The van der Waals surface area contributed by atoms with Gasteiger partial charge in [-0.3, -0.25) is 4.79 Å². The van der Waals surface area contributed by atoms with E-state index in [1.807, 2.05) is 57.2 Å². The molecule has 170 valence electrons. The van der Waals surface area contributed by atoms with E-state index in [0.717, 1.165) is 11.1 Å². The summed E-state index contributed by atoms with van der Waals surface area (Å²) in [6.45, 7) is 6.09. The van der Waals surface area contributed by atoms with E-state index < -0.39 is 0 Å². The van der Waals surface area contributed by atoms with Crippen molar-refractivity contribution in [2.75, 3.05) is 0 Å². The van der Waals surface area contributed by atoms with Crippen LogP contribution in [-0.4, -0.2) is 37.2 Å². The Morgan fingerprint density at radius 3 is 2.33 bits per heavy atom. The predicted octanol–water partition coefficient (Wildman–Crippen LogP) is 5.12. The molecule has 2 aromatic carbocycles. The highest BCUT2D eigenvalue weighted by Crippen LogP contribution is 2.26. The van der Waals surface area contributed by atoms with E-state index in [0.29, 0.717) is 40.6 Å². The predicted molar refractivity (Wildman–Crippen MR) is 123 cm³/mol. The Hall–Kier alpha value is -3.52. The number of carbonyl (C=O) groups excluding carboxylic acids is 1. The van der Waals surface area contributed by atoms with Gasteiger partial charge in [0.1, 0.15) is 0 Å². The summed E-state index contributed by atoms with van der Waals surface area (Å²) >= 11 is 6.21. The lowest BCUT2D eigenvalue weighted by molar-refractivity contribution is -0.134. The number of amides is 1. The summed E-state index contributed by atoms with van der Waals surface area (Å²) in [6, 6.07) is 15.0. The summed E-state index contributed by atoms with van der Waals surface area (Å²) in [5, 5.41) is 16.9. The molecule has 0 spiro atoms. The highest BCUT2D eigenvalue weighted by atomic mass is 35.5. The van der Waals surface area contributed by atoms with Gasteiger partial charge < -0.3 is 13.7 Å². The monoisotopic (exact) mass is 465 g/mol. The first-order valence-electron chi connectivity index (χ1n) is 10.7. The summed E-state index contributed by atoms with van der Waals surface area (Å²) in [7, 11) is 0. The zero-order chi connectivity index (χ0) is 23.4. The van der Waals surface area contributed by atoms with E-state index in [1.54, 1.807) is 17.0 Å². The Morgan fingerprint density at radius 2 is 1.61 bits per heavy atom. The Kier molecular flexibility index (Phi) is 6.84. The molecule has 8 nitrogen and oxygen atoms in total. The van der Waals surface area contributed by atoms with Gasteiger partial charge in [-0.1, -0.05) is 41.4 Å². The van der Waals surface area contributed by atoms with Gasteiger partial charge in [-0.15, -0.1) is 20.4 Å². The third-order valence-electron chi connectivity index (χ3n) is 5.14. The molecule has 1 amide bonds. The maximum Gasteiger partial charge on any atom is 0.249 e. The number of benzene rings is 2. The van der Waals surface area contributed by atoms with E-state index in [4.69, 9.17) is 20.4 Å². The maximum atomic E-state index is 12.9. The minimum Gasteiger partial charge on any atom is -0.421 e. The number of carbonyl (C=O) groups is 1. The number of hydrogen-bond acceptors (Lipinski definition) is 7. The SMILES string of the molecule is Cc1ccc(-c2nnc(CCC(=O)N(Cc3nnc(-c4ccccc4Cl)o3)C(C)C)o2)cc1. The van der Waals surface area contributed by atoms with Crippen LogP contribution in [0.2, 0.25) is 5.02 Å². The van der Waals surface area contributed by atoms with Crippen LogP contribution in [0.5, 0.6) is 0 Å². The topological polar surface area (TPSA) is 98.2 Å². The molecule has 33 heavy (non-hydrogen) atoms. The molecule has 4 rings (SSSR count). The van der Waals surface area contributed by atoms with Crippen LogP contribution in [0.15, 0.2) is 57.4 Å². The van der Waals surface area contributed by atoms with Gasteiger partial charge in [0.2, 0.25) is 29.5 Å². The molecule has 9 heteroatoms. The lowest BCUT2D eigenvalue weighted by Crippen LogP contribution is -2.36. The third kappa shape index (κ3) is 5.46. The van der Waals surface area contributed by atoms with Gasteiger partial charge in [-0.2, -0.15) is 0 Å². The minimum absolute atomic E-state index is 0.0565. The van der Waals surface area contributed by atoms with Crippen molar-refractivity contribution in [3.05, 3.63) is 70.9 Å². The van der Waals surface area contributed by atoms with Gasteiger partial charge in [-0.05, 0) is 45.0 Å². The van der Waals surface area contributed by atoms with Crippen molar-refractivity contribution in [1.29, 1.82) is 0 Å². The molecule has 0 bridgehead atoms. The molecule has 0 aliphatic rings. The molecule has 2 heterocycles. The average Bonchev–Trinajstić information content (AvgIpc) is 3.46. The Labute approximate surface area is 196 Å². The smallest absolute Gasteiger partial charge is 0.249 e. The highest BCUT2D eigenvalue weighted by Gasteiger charge is 2.22. The Bertz CT molecular complexity index is 1230. The van der Waals surface area contributed by atoms with Gasteiger partial charge in [-0.25, -0.2) is 0 Å². The van der Waals surface area contributed by atoms with E-state index >= 15 is 0 Å². The third-order valence-corrected chi connectivity index (χ3v) is 5.47. The van der Waals surface area contributed by atoms with E-state index in [1.165, 1.54) is 0 Å². The van der Waals surface area contributed by atoms with Crippen molar-refractivity contribution in [2.45, 2.75) is 46.2 Å². The number of aryl methyl sites for hydroxylation is 2. The summed E-state index contributed by atoms with van der Waals surface area (Å²) in [6.07, 6.45) is 0.564. The van der Waals surface area contributed by atoms with Crippen molar-refractivity contribution >= 4 is 17.5 Å². The molecule has 0 fully saturated rings. The molecule has 0 saturated carbocycles. The van der Waals surface area contributed by atoms with Gasteiger partial charge in [0.05, 0.1) is 17.1 Å². The van der Waals surface area contributed by atoms with Crippen LogP contribution in [0.4, 0.5) is 0 Å². The molecule has 0 saturated heterocycles. The van der Waals surface area contributed by atoms with Crippen LogP contribution < -0.4 is 0 Å². The van der Waals surface area contributed by atoms with Gasteiger partial charge in [0.25, 0.3) is 0 Å². The van der Waals surface area contributed by atoms with E-state index in [9.17, 15) is 4.79 Å². The summed E-state index contributed by atoms with van der Waals surface area (Å²) in [4.78, 5) is 14.6. The zero-order valence-electron chi connectivity index (χ0n) is 18.7. The standard InChI is InChI=1S/C24H24ClN5O3/c1-15(2)30(14-21-27-29-24(33-21)18-6-4-5-7-19(18)25)22(31)13-12-20-26-28-23(32-20)17-10-8-16(3)9-11-17/h4-11,15H,12-14H2,1-3H3. The van der Waals surface area contributed by atoms with Crippen LogP contribution in [0.25, 0.3) is 22.9 Å². The second-order valence-electron chi connectivity index (χ2n) is 7.96. The Balaban J connectivity index is 1.39. The summed E-state index contributed by atoms with van der Waals surface area (Å²) in [5.41, 5.74) is 2.65. The summed E-state index contributed by atoms with van der Waals surface area (Å²) < 4.78 is 11.5. The average molecular weight is 466 g/mol. The van der Waals surface area contributed by atoms with Gasteiger partial charge in [0, 0.05) is 24.4 Å². The van der Waals surface area contributed by atoms with Gasteiger partial charge >= 0.3 is 0 Å². The normalized spacial score (nSPS) is 11.2. The minimum atomic E-state index is -0.0717. The lowest BCUT2D eigenvalue weighted by Gasteiger charge is -2.25. The molecular formula is C24H24ClN5O3. The number of nitrogens with zero attached hydrogens (tertiary/aromatic N) is 5. The molecule has 0 aliphatic carbocycles. The van der Waals surface area contributed by atoms with Crippen molar-refractivity contribution in [3.8, 4) is 22.9 Å². The fourth-order valence-electron chi connectivity index (χ4n) is 3.29. The molecule has 2 aromatic heterocycles. The van der Waals surface area contributed by atoms with Gasteiger partial charge in [0.15, 0.2) is 0 Å². The molecule has 0 radical (unpaired) electrons. The first-order valence-corrected chi connectivity index (χ1v) is 11.0. The number of halogens is 1. The van der Waals surface area contributed by atoms with Crippen molar-refractivity contribution < 1.29 is 13.6 Å². The number of hydrogen-bond donors (Lipinski definition) is 0. The molecule has 0 aliphatic heterocycles. The van der Waals surface area contributed by atoms with Crippen LogP contribution in [-0.2, 0) is 17.8 Å². The largest absolute Gasteiger partial charge is 0.421 e. The first-order chi connectivity index (χ1) is 15.9. The van der Waals surface area contributed by atoms with Crippen LogP contribution >= 0.6 is 11.6 Å². The second kappa shape index (κ2) is 9.95. The fraction of sp³-hybridized carbons (Fsp3) is 0.292. The highest BCUT2D eigenvalue weighted by molar-refractivity contribution is 6.33. The Morgan fingerprint density at radius 1 is 0.939 bits per heavy atom.